The number of amides is 1. The van der Waals surface area contributed by atoms with Crippen LogP contribution in [-0.4, -0.2) is 66.3 Å². The summed E-state index contributed by atoms with van der Waals surface area (Å²) in [5.41, 5.74) is 5.70. The zero-order chi connectivity index (χ0) is 25.8. The molecule has 190 valence electrons. The number of nitriles is 1. The smallest absolute Gasteiger partial charge is 0.254 e. The molecule has 2 aromatic carbocycles. The summed E-state index contributed by atoms with van der Waals surface area (Å²) < 4.78 is 0. The van der Waals surface area contributed by atoms with Gasteiger partial charge < -0.3 is 20.0 Å². The number of anilines is 3. The van der Waals surface area contributed by atoms with Crippen LogP contribution in [-0.2, 0) is 0 Å². The Labute approximate surface area is 218 Å². The van der Waals surface area contributed by atoms with E-state index in [-0.39, 0.29) is 5.91 Å². The second-order valence-electron chi connectivity index (χ2n) is 9.88. The largest absolute Gasteiger partial charge is 0.382 e. The minimum absolute atomic E-state index is 0.0854. The Morgan fingerprint density at radius 3 is 2.41 bits per heavy atom. The van der Waals surface area contributed by atoms with Crippen molar-refractivity contribution in [2.24, 2.45) is 0 Å². The van der Waals surface area contributed by atoms with Crippen LogP contribution in [0.5, 0.6) is 0 Å². The lowest BCUT2D eigenvalue weighted by molar-refractivity contribution is 0.0746. The fourth-order valence-electron chi connectivity index (χ4n) is 5.34. The topological polar surface area (TPSA) is 88.4 Å². The highest BCUT2D eigenvalue weighted by Crippen LogP contribution is 2.28. The van der Waals surface area contributed by atoms with Gasteiger partial charge in [0, 0.05) is 62.8 Å². The van der Waals surface area contributed by atoms with Crippen molar-refractivity contribution in [2.45, 2.75) is 32.7 Å². The first-order valence-corrected chi connectivity index (χ1v) is 13.0. The number of carbonyl (C=O) groups excluding carboxylic acids is 1. The number of carbonyl (C=O) groups is 1. The molecule has 0 aliphatic carbocycles. The zero-order valence-corrected chi connectivity index (χ0v) is 21.5. The number of rotatable bonds is 5. The van der Waals surface area contributed by atoms with Crippen LogP contribution in [0.1, 0.15) is 39.9 Å². The Balaban J connectivity index is 1.22. The predicted octanol–water partition coefficient (Wildman–Crippen LogP) is 4.01. The number of piperidine rings is 1. The summed E-state index contributed by atoms with van der Waals surface area (Å²) in [6.45, 7) is 8.71. The molecule has 0 spiro atoms. The van der Waals surface area contributed by atoms with Gasteiger partial charge in [0.15, 0.2) is 5.82 Å². The summed E-state index contributed by atoms with van der Waals surface area (Å²) in [6, 6.07) is 18.4. The molecule has 0 bridgehead atoms. The number of nitrogens with one attached hydrogen (secondary N) is 1. The van der Waals surface area contributed by atoms with Crippen molar-refractivity contribution in [2.75, 3.05) is 54.4 Å². The molecule has 1 amide bonds. The summed E-state index contributed by atoms with van der Waals surface area (Å²) >= 11 is 0. The minimum Gasteiger partial charge on any atom is -0.382 e. The maximum atomic E-state index is 13.5. The molecule has 8 heteroatoms. The molecule has 2 fully saturated rings. The Bertz CT molecular complexity index is 1290. The highest BCUT2D eigenvalue weighted by Gasteiger charge is 2.26. The summed E-state index contributed by atoms with van der Waals surface area (Å²) in [5.74, 6) is 0.942. The summed E-state index contributed by atoms with van der Waals surface area (Å²) in [4.78, 5) is 19.9. The summed E-state index contributed by atoms with van der Waals surface area (Å²) in [7, 11) is 0. The van der Waals surface area contributed by atoms with Gasteiger partial charge in [0.05, 0.1) is 11.3 Å². The predicted molar refractivity (Wildman–Crippen MR) is 146 cm³/mol. The Morgan fingerprint density at radius 2 is 1.70 bits per heavy atom. The first-order chi connectivity index (χ1) is 18.0. The molecule has 0 atom stereocenters. The summed E-state index contributed by atoms with van der Waals surface area (Å²) in [6.07, 6.45) is 3.62. The van der Waals surface area contributed by atoms with Crippen molar-refractivity contribution < 1.29 is 4.79 Å². The minimum atomic E-state index is 0.0854. The molecule has 2 aliphatic rings. The molecule has 3 aromatic rings. The van der Waals surface area contributed by atoms with E-state index in [9.17, 15) is 10.1 Å². The average Bonchev–Trinajstić information content (AvgIpc) is 2.95. The van der Waals surface area contributed by atoms with Crippen molar-refractivity contribution in [3.63, 3.8) is 0 Å². The lowest BCUT2D eigenvalue weighted by Gasteiger charge is -2.36. The fraction of sp³-hybridized carbons (Fsp3) is 0.379. The van der Waals surface area contributed by atoms with E-state index >= 15 is 0 Å². The van der Waals surface area contributed by atoms with Crippen molar-refractivity contribution in [1.29, 1.82) is 5.26 Å². The van der Waals surface area contributed by atoms with Gasteiger partial charge in [-0.1, -0.05) is 18.2 Å². The second-order valence-corrected chi connectivity index (χ2v) is 9.88. The first-order valence-electron chi connectivity index (χ1n) is 13.0. The van der Waals surface area contributed by atoms with E-state index in [4.69, 9.17) is 0 Å². The van der Waals surface area contributed by atoms with Crippen LogP contribution in [0.3, 0.4) is 0 Å². The molecule has 5 rings (SSSR count). The van der Waals surface area contributed by atoms with E-state index in [1.807, 2.05) is 54.3 Å². The van der Waals surface area contributed by atoms with Crippen LogP contribution in [0.4, 0.5) is 17.2 Å². The second kappa shape index (κ2) is 10.9. The Hall–Kier alpha value is -4.12. The fourth-order valence-corrected chi connectivity index (χ4v) is 5.34. The van der Waals surface area contributed by atoms with E-state index in [2.05, 4.69) is 44.4 Å². The molecular formula is C29H33N7O. The van der Waals surface area contributed by atoms with Gasteiger partial charge in [0.1, 0.15) is 6.07 Å². The van der Waals surface area contributed by atoms with Crippen LogP contribution in [0, 0.1) is 25.2 Å². The normalized spacial score (nSPS) is 16.4. The third-order valence-corrected chi connectivity index (χ3v) is 7.47. The van der Waals surface area contributed by atoms with Gasteiger partial charge >= 0.3 is 0 Å². The molecular weight excluding hydrogens is 462 g/mol. The third-order valence-electron chi connectivity index (χ3n) is 7.47. The standard InChI is InChI=1S/C29H33N7O/c1-21-18-22(2)26(32-24-9-12-34(13-10-24)27-7-4-3-6-23(27)20-30)19-25(21)29(37)36-16-14-35(15-17-36)28-8-5-11-31-33-28/h3-8,11,18-19,24,32H,9-10,12-17H2,1-2H3. The van der Waals surface area contributed by atoms with Gasteiger partial charge in [-0.15, -0.1) is 5.10 Å². The lowest BCUT2D eigenvalue weighted by Crippen LogP contribution is -2.49. The molecule has 8 nitrogen and oxygen atoms in total. The number of hydrogen-bond donors (Lipinski definition) is 1. The van der Waals surface area contributed by atoms with Crippen LogP contribution in [0.25, 0.3) is 0 Å². The van der Waals surface area contributed by atoms with Crippen molar-refractivity contribution in [3.05, 3.63) is 77.0 Å². The number of aromatic nitrogens is 2. The van der Waals surface area contributed by atoms with E-state index in [0.29, 0.717) is 19.1 Å². The third kappa shape index (κ3) is 5.36. The number of piperazine rings is 1. The molecule has 0 unspecified atom stereocenters. The van der Waals surface area contributed by atoms with Crippen LogP contribution < -0.4 is 15.1 Å². The molecule has 1 N–H and O–H groups in total. The van der Waals surface area contributed by atoms with E-state index < -0.39 is 0 Å². The van der Waals surface area contributed by atoms with Gasteiger partial charge in [-0.3, -0.25) is 4.79 Å². The highest BCUT2D eigenvalue weighted by atomic mass is 16.2. The monoisotopic (exact) mass is 495 g/mol. The number of aryl methyl sites for hydroxylation is 2. The number of para-hydroxylation sites is 1. The Morgan fingerprint density at radius 1 is 0.946 bits per heavy atom. The van der Waals surface area contributed by atoms with Gasteiger partial charge in [-0.2, -0.15) is 10.4 Å². The highest BCUT2D eigenvalue weighted by molar-refractivity contribution is 5.97. The molecule has 2 saturated heterocycles. The molecule has 3 heterocycles. The summed E-state index contributed by atoms with van der Waals surface area (Å²) in [5, 5.41) is 21.3. The van der Waals surface area contributed by atoms with E-state index in [1.54, 1.807) is 6.20 Å². The van der Waals surface area contributed by atoms with Gasteiger partial charge in [0.2, 0.25) is 0 Å². The van der Waals surface area contributed by atoms with Gasteiger partial charge in [-0.25, -0.2) is 0 Å². The van der Waals surface area contributed by atoms with Crippen molar-refractivity contribution >= 4 is 23.1 Å². The maximum absolute atomic E-state index is 13.5. The van der Waals surface area contributed by atoms with Crippen LogP contribution in [0.15, 0.2) is 54.7 Å². The SMILES string of the molecule is Cc1cc(C)c(C(=O)N2CCN(c3cccnn3)CC2)cc1NC1CCN(c2ccccc2C#N)CC1. The van der Waals surface area contributed by atoms with Crippen LogP contribution >= 0.6 is 0 Å². The van der Waals surface area contributed by atoms with Crippen molar-refractivity contribution in [3.8, 4) is 6.07 Å². The molecule has 0 radical (unpaired) electrons. The molecule has 1 aromatic heterocycles. The first kappa shape index (κ1) is 24.6. The number of benzene rings is 2. The quantitative estimate of drug-likeness (QED) is 0.572. The lowest BCUT2D eigenvalue weighted by atomic mass is 9.99. The molecule has 37 heavy (non-hydrogen) atoms. The maximum Gasteiger partial charge on any atom is 0.254 e. The van der Waals surface area contributed by atoms with Crippen LogP contribution in [0.2, 0.25) is 0 Å². The van der Waals surface area contributed by atoms with Gasteiger partial charge in [-0.05, 0) is 68.1 Å². The molecule has 0 saturated carbocycles. The van der Waals surface area contributed by atoms with E-state index in [1.165, 1.54) is 0 Å². The average molecular weight is 496 g/mol. The molecule has 2 aliphatic heterocycles. The Kier molecular flexibility index (Phi) is 7.22. The van der Waals surface area contributed by atoms with E-state index in [0.717, 1.165) is 78.5 Å². The van der Waals surface area contributed by atoms with Gasteiger partial charge in [0.25, 0.3) is 5.91 Å². The number of hydrogen-bond acceptors (Lipinski definition) is 7. The zero-order valence-electron chi connectivity index (χ0n) is 21.5. The van der Waals surface area contributed by atoms with Crippen molar-refractivity contribution in [1.82, 2.24) is 15.1 Å². The number of nitrogens with zero attached hydrogens (tertiary/aromatic N) is 6.